The van der Waals surface area contributed by atoms with Crippen molar-refractivity contribution in [1.29, 1.82) is 0 Å². The van der Waals surface area contributed by atoms with Crippen LogP contribution in [0.4, 0.5) is 0 Å². The molecular formula is C44H64O2S4Sn2. The van der Waals surface area contributed by atoms with Crippen LogP contribution in [0.3, 0.4) is 0 Å². The summed E-state index contributed by atoms with van der Waals surface area (Å²) in [5.74, 6) is 4.74. The normalized spacial score (nSPS) is 14.3. The van der Waals surface area contributed by atoms with E-state index >= 15 is 0 Å². The van der Waals surface area contributed by atoms with Crippen molar-refractivity contribution in [3.63, 3.8) is 0 Å². The van der Waals surface area contributed by atoms with E-state index in [1.54, 1.807) is 5.79 Å². The summed E-state index contributed by atoms with van der Waals surface area (Å²) < 4.78 is 25.9. The molecule has 2 aromatic carbocycles. The molecule has 2 unspecified atom stereocenters. The fourth-order valence-electron chi connectivity index (χ4n) is 7.30. The van der Waals surface area contributed by atoms with E-state index < -0.39 is 36.8 Å². The summed E-state index contributed by atoms with van der Waals surface area (Å²) in [6.07, 6.45) is 9.95. The van der Waals surface area contributed by atoms with Gasteiger partial charge in [0.1, 0.15) is 0 Å². The number of fused-ring (bicyclic) bond motifs is 10. The van der Waals surface area contributed by atoms with Crippen molar-refractivity contribution < 1.29 is 9.47 Å². The van der Waals surface area contributed by atoms with Crippen LogP contribution >= 0.6 is 45.3 Å². The molecule has 4 heterocycles. The van der Waals surface area contributed by atoms with E-state index in [9.17, 15) is 0 Å². The first-order valence-corrected chi connectivity index (χ1v) is 43.3. The molecule has 0 aliphatic rings. The maximum atomic E-state index is 6.82. The Balaban J connectivity index is 1.46. The van der Waals surface area contributed by atoms with Crippen molar-refractivity contribution in [3.8, 4) is 11.5 Å². The predicted molar refractivity (Wildman–Crippen MR) is 247 cm³/mol. The van der Waals surface area contributed by atoms with Gasteiger partial charge in [-0.2, -0.15) is 0 Å². The van der Waals surface area contributed by atoms with Crippen LogP contribution in [0.25, 0.3) is 49.7 Å². The van der Waals surface area contributed by atoms with Crippen molar-refractivity contribution in [1.82, 2.24) is 0 Å². The third kappa shape index (κ3) is 9.46. The molecule has 0 aliphatic carbocycles. The molecule has 0 fully saturated rings. The van der Waals surface area contributed by atoms with Crippen molar-refractivity contribution >= 4 is 138 Å². The number of benzene rings is 2. The second kappa shape index (κ2) is 17.1. The molecular weight excluding hydrogens is 926 g/mol. The molecule has 0 N–H and O–H groups in total. The third-order valence-corrected chi connectivity index (χ3v) is 34.6. The molecule has 0 spiro atoms. The van der Waals surface area contributed by atoms with E-state index in [2.05, 4.69) is 118 Å². The zero-order valence-electron chi connectivity index (χ0n) is 34.1. The van der Waals surface area contributed by atoms with Gasteiger partial charge in [0, 0.05) is 0 Å². The molecule has 6 rings (SSSR count). The fraction of sp³-hybridized carbons (Fsp3) is 0.591. The zero-order valence-corrected chi connectivity index (χ0v) is 43.1. The number of ether oxygens (including phenoxy) is 2. The molecule has 0 saturated carbocycles. The summed E-state index contributed by atoms with van der Waals surface area (Å²) in [7, 11) is 0. The van der Waals surface area contributed by atoms with Crippen LogP contribution < -0.4 is 15.3 Å². The molecule has 2 nitrogen and oxygen atoms in total. The Hall–Kier alpha value is -0.263. The minimum absolute atomic E-state index is 0.659. The van der Waals surface area contributed by atoms with Crippen LogP contribution in [0.2, 0.25) is 29.6 Å². The number of hydrogen-bond acceptors (Lipinski definition) is 6. The first kappa shape index (κ1) is 41.4. The zero-order chi connectivity index (χ0) is 37.5. The first-order chi connectivity index (χ1) is 24.5. The predicted octanol–water partition coefficient (Wildman–Crippen LogP) is 15.3. The van der Waals surface area contributed by atoms with E-state index in [-0.39, 0.29) is 0 Å². The Bertz CT molecular complexity index is 1980. The third-order valence-electron chi connectivity index (χ3n) is 10.7. The number of hydrogen-bond donors (Lipinski definition) is 0. The first-order valence-electron chi connectivity index (χ1n) is 20.1. The second-order valence-corrected chi connectivity index (χ2v) is 53.7. The van der Waals surface area contributed by atoms with Crippen molar-refractivity contribution in [2.24, 2.45) is 23.7 Å². The molecule has 0 amide bonds. The van der Waals surface area contributed by atoms with Crippen LogP contribution in [0, 0.1) is 23.7 Å². The van der Waals surface area contributed by atoms with Gasteiger partial charge in [-0.1, -0.05) is 53.4 Å². The van der Waals surface area contributed by atoms with E-state index in [4.69, 9.17) is 9.47 Å². The Morgan fingerprint density at radius 3 is 1.21 bits per heavy atom. The second-order valence-electron chi connectivity index (χ2n) is 18.7. The van der Waals surface area contributed by atoms with Crippen LogP contribution in [0.5, 0.6) is 11.5 Å². The molecule has 4 aromatic heterocycles. The van der Waals surface area contributed by atoms with Gasteiger partial charge in [-0.05, 0) is 11.8 Å². The molecule has 0 aliphatic heterocycles. The van der Waals surface area contributed by atoms with E-state index in [0.717, 1.165) is 49.4 Å². The van der Waals surface area contributed by atoms with Gasteiger partial charge < -0.3 is 0 Å². The number of thiophene rings is 4. The van der Waals surface area contributed by atoms with Gasteiger partial charge in [0.2, 0.25) is 0 Å². The van der Waals surface area contributed by atoms with Crippen LogP contribution in [0.1, 0.15) is 92.9 Å². The monoisotopic (exact) mass is 992 g/mol. The topological polar surface area (TPSA) is 18.5 Å². The van der Waals surface area contributed by atoms with Crippen LogP contribution in [-0.2, 0) is 0 Å². The fourth-order valence-corrected chi connectivity index (χ4v) is 23.8. The van der Waals surface area contributed by atoms with Gasteiger partial charge in [0.15, 0.2) is 0 Å². The molecule has 6 aromatic rings. The molecule has 0 saturated heterocycles. The van der Waals surface area contributed by atoms with E-state index in [1.807, 2.05) is 22.7 Å². The summed E-state index contributed by atoms with van der Waals surface area (Å²) in [4.78, 5) is 15.3. The summed E-state index contributed by atoms with van der Waals surface area (Å²) >= 11 is 3.77. The van der Waals surface area contributed by atoms with Gasteiger partial charge in [-0.3, -0.25) is 0 Å². The van der Waals surface area contributed by atoms with Gasteiger partial charge in [0.05, 0.1) is 0 Å². The molecule has 0 radical (unpaired) electrons. The van der Waals surface area contributed by atoms with E-state index in [1.165, 1.54) is 88.3 Å². The summed E-state index contributed by atoms with van der Waals surface area (Å²) in [5.41, 5.74) is 0. The molecule has 2 atom stereocenters. The van der Waals surface area contributed by atoms with Crippen LogP contribution in [0.15, 0.2) is 24.3 Å². The molecule has 284 valence electrons. The maximum absolute atomic E-state index is 6.82. The van der Waals surface area contributed by atoms with Crippen molar-refractivity contribution in [2.45, 2.75) is 123 Å². The Kier molecular flexibility index (Phi) is 13.6. The average molecular weight is 991 g/mol. The molecule has 0 bridgehead atoms. The van der Waals surface area contributed by atoms with Crippen molar-refractivity contribution in [3.05, 3.63) is 24.3 Å². The number of rotatable bonds is 18. The summed E-state index contributed by atoms with van der Waals surface area (Å²) in [6.45, 7) is 15.6. The van der Waals surface area contributed by atoms with Crippen LogP contribution in [-0.4, -0.2) is 50.0 Å². The molecule has 52 heavy (non-hydrogen) atoms. The Morgan fingerprint density at radius 2 is 0.865 bits per heavy atom. The van der Waals surface area contributed by atoms with E-state index in [0.29, 0.717) is 11.8 Å². The molecule has 8 heteroatoms. The summed E-state index contributed by atoms with van der Waals surface area (Å²) in [5, 5.41) is 5.62. The minimum atomic E-state index is -2.25. The average Bonchev–Trinajstić information content (AvgIpc) is 3.80. The Morgan fingerprint density at radius 1 is 0.481 bits per heavy atom. The van der Waals surface area contributed by atoms with Gasteiger partial charge in [0.25, 0.3) is 0 Å². The van der Waals surface area contributed by atoms with Crippen molar-refractivity contribution in [2.75, 3.05) is 13.2 Å². The van der Waals surface area contributed by atoms with Gasteiger partial charge in [-0.25, -0.2) is 0 Å². The standard InChI is InChI=1S/C38H46O2S4.6CH3.2Sn/c1-23(2)9-7-11-25(5)13-17-39-29-21-27-28(22-30(29)40-18-14-26(6)12-8-10-24(3)4)34-36-32(16-20-42-36)44-38(34)37-33(27)35-31(43-37)15-19-41-35;;;;;;;;/h15-16,21-26H,7-14,17-18H2,1-6H3;6*1H3;;. The SMILES string of the molecule is CC(C)CCCC(C)CCOc1cc2c(cc1OCCC(C)CCCC(C)C)c1c3s[c]([Sn]([CH3])([CH3])[CH3])cc3sc1c1sc3c[c]([Sn]([CH3])([CH3])[CH3])sc3c21. The summed E-state index contributed by atoms with van der Waals surface area (Å²) in [6, 6.07) is 9.93. The quantitative estimate of drug-likeness (QED) is 0.0799. The van der Waals surface area contributed by atoms with Gasteiger partial charge >= 0.3 is 277 Å². The van der Waals surface area contributed by atoms with Gasteiger partial charge in [-0.15, -0.1) is 0 Å². The Labute approximate surface area is 338 Å².